The number of halogens is 1. The van der Waals surface area contributed by atoms with Crippen molar-refractivity contribution in [3.8, 4) is 0 Å². The third-order valence-corrected chi connectivity index (χ3v) is 5.07. The predicted octanol–water partition coefficient (Wildman–Crippen LogP) is 2.53. The van der Waals surface area contributed by atoms with E-state index in [4.69, 9.17) is 0 Å². The van der Waals surface area contributed by atoms with Crippen LogP contribution in [-0.4, -0.2) is 51.7 Å². The fraction of sp³-hybridized carbons (Fsp3) is 0.562. The molecule has 0 spiro atoms. The van der Waals surface area contributed by atoms with Gasteiger partial charge >= 0.3 is 0 Å². The van der Waals surface area contributed by atoms with Crippen LogP contribution in [0, 0.1) is 0 Å². The van der Waals surface area contributed by atoms with Crippen molar-refractivity contribution in [2.75, 3.05) is 20.1 Å². The van der Waals surface area contributed by atoms with Crippen molar-refractivity contribution >= 4 is 11.3 Å². The molecule has 120 valence electrons. The van der Waals surface area contributed by atoms with Crippen LogP contribution in [0.25, 0.3) is 0 Å². The van der Waals surface area contributed by atoms with Crippen molar-refractivity contribution in [2.24, 2.45) is 7.05 Å². The molecule has 2 aromatic heterocycles. The number of nitrogens with zero attached hydrogens (tertiary/aromatic N) is 4. The van der Waals surface area contributed by atoms with Gasteiger partial charge in [0, 0.05) is 56.2 Å². The van der Waals surface area contributed by atoms with E-state index in [2.05, 4.69) is 51.8 Å². The van der Waals surface area contributed by atoms with E-state index in [0.717, 1.165) is 24.6 Å². The highest BCUT2D eigenvalue weighted by Crippen LogP contribution is 2.24. The number of hydrogen-bond donors (Lipinski definition) is 0. The molecule has 3 rings (SSSR count). The first kappa shape index (κ1) is 15.6. The van der Waals surface area contributed by atoms with Gasteiger partial charge in [-0.25, -0.2) is 9.37 Å². The van der Waals surface area contributed by atoms with Crippen LogP contribution in [-0.2, 0) is 20.1 Å². The molecule has 0 aliphatic carbocycles. The highest BCUT2D eigenvalue weighted by Gasteiger charge is 2.33. The van der Waals surface area contributed by atoms with Gasteiger partial charge in [0.15, 0.2) is 0 Å². The van der Waals surface area contributed by atoms with Crippen LogP contribution in [0.3, 0.4) is 0 Å². The summed E-state index contributed by atoms with van der Waals surface area (Å²) in [7, 11) is 4.17. The van der Waals surface area contributed by atoms with Gasteiger partial charge in [-0.2, -0.15) is 0 Å². The van der Waals surface area contributed by atoms with Crippen molar-refractivity contribution in [2.45, 2.75) is 31.7 Å². The third kappa shape index (κ3) is 3.74. The fourth-order valence-electron chi connectivity index (χ4n) is 3.17. The molecule has 1 saturated heterocycles. The fourth-order valence-corrected chi connectivity index (χ4v) is 3.81. The number of aryl methyl sites for hydroxylation is 1. The largest absolute Gasteiger partial charge is 0.353 e. The van der Waals surface area contributed by atoms with Crippen molar-refractivity contribution in [1.29, 1.82) is 0 Å². The van der Waals surface area contributed by atoms with Crippen LogP contribution in [0.1, 0.15) is 17.1 Å². The van der Waals surface area contributed by atoms with Gasteiger partial charge in [0.2, 0.25) is 0 Å². The van der Waals surface area contributed by atoms with Crippen LogP contribution in [0.15, 0.2) is 29.9 Å². The molecule has 0 radical (unpaired) electrons. The number of likely N-dealkylation sites (N-methyl/N-ethyl adjacent to an activating group) is 1. The number of aromatic nitrogens is 2. The molecule has 2 aromatic rings. The highest BCUT2D eigenvalue weighted by atomic mass is 32.1. The van der Waals surface area contributed by atoms with Crippen LogP contribution >= 0.6 is 11.3 Å². The number of alkyl halides is 1. The van der Waals surface area contributed by atoms with Gasteiger partial charge in [-0.1, -0.05) is 0 Å². The van der Waals surface area contributed by atoms with Gasteiger partial charge < -0.3 is 4.57 Å². The Balaban J connectivity index is 1.58. The SMILES string of the molecule is CN(Cc1cccn1C)C[C@@H]1C[C@H](F)CN1Cc1nccs1. The molecule has 4 nitrogen and oxygen atoms in total. The van der Waals surface area contributed by atoms with E-state index < -0.39 is 6.17 Å². The molecule has 22 heavy (non-hydrogen) atoms. The predicted molar refractivity (Wildman–Crippen MR) is 87.6 cm³/mol. The second-order valence-electron chi connectivity index (χ2n) is 6.15. The molecule has 0 saturated carbocycles. The van der Waals surface area contributed by atoms with Crippen LogP contribution in [0.2, 0.25) is 0 Å². The lowest BCUT2D eigenvalue weighted by Crippen LogP contribution is -2.38. The minimum atomic E-state index is -0.714. The quantitative estimate of drug-likeness (QED) is 0.817. The van der Waals surface area contributed by atoms with Gasteiger partial charge in [-0.05, 0) is 25.6 Å². The Hall–Kier alpha value is -1.24. The number of hydrogen-bond acceptors (Lipinski definition) is 4. The van der Waals surface area contributed by atoms with Crippen LogP contribution in [0.4, 0.5) is 4.39 Å². The molecular formula is C16H23FN4S. The summed E-state index contributed by atoms with van der Waals surface area (Å²) >= 11 is 1.65. The van der Waals surface area contributed by atoms with E-state index in [1.54, 1.807) is 11.3 Å². The van der Waals surface area contributed by atoms with Gasteiger partial charge in [-0.15, -0.1) is 11.3 Å². The van der Waals surface area contributed by atoms with E-state index in [1.807, 2.05) is 11.6 Å². The summed E-state index contributed by atoms with van der Waals surface area (Å²) < 4.78 is 16.0. The summed E-state index contributed by atoms with van der Waals surface area (Å²) in [6.07, 6.45) is 3.79. The Bertz CT molecular complexity index is 583. The van der Waals surface area contributed by atoms with Gasteiger partial charge in [0.1, 0.15) is 11.2 Å². The molecule has 0 aromatic carbocycles. The number of likely N-dealkylation sites (tertiary alicyclic amines) is 1. The number of rotatable bonds is 6. The Morgan fingerprint density at radius 3 is 3.05 bits per heavy atom. The first-order valence-corrected chi connectivity index (χ1v) is 8.55. The van der Waals surface area contributed by atoms with Crippen molar-refractivity contribution in [3.05, 3.63) is 40.6 Å². The molecule has 0 amide bonds. The van der Waals surface area contributed by atoms with E-state index in [0.29, 0.717) is 13.0 Å². The molecular weight excluding hydrogens is 299 g/mol. The van der Waals surface area contributed by atoms with Crippen molar-refractivity contribution in [1.82, 2.24) is 19.4 Å². The maximum absolute atomic E-state index is 13.9. The lowest BCUT2D eigenvalue weighted by atomic mass is 10.2. The van der Waals surface area contributed by atoms with Crippen molar-refractivity contribution in [3.63, 3.8) is 0 Å². The minimum Gasteiger partial charge on any atom is -0.353 e. The molecule has 3 heterocycles. The van der Waals surface area contributed by atoms with Crippen molar-refractivity contribution < 1.29 is 4.39 Å². The smallest absolute Gasteiger partial charge is 0.114 e. The molecule has 1 fully saturated rings. The van der Waals surface area contributed by atoms with Crippen LogP contribution < -0.4 is 0 Å². The maximum atomic E-state index is 13.9. The summed E-state index contributed by atoms with van der Waals surface area (Å²) in [5.74, 6) is 0. The maximum Gasteiger partial charge on any atom is 0.114 e. The third-order valence-electron chi connectivity index (χ3n) is 4.30. The molecule has 1 aliphatic heterocycles. The monoisotopic (exact) mass is 322 g/mol. The lowest BCUT2D eigenvalue weighted by Gasteiger charge is -2.27. The standard InChI is InChI=1S/C16H23FN4S/c1-19(10-14-4-3-6-20(14)2)11-15-8-13(17)9-21(15)12-16-18-5-7-22-16/h3-7,13,15H,8-12H2,1-2H3/t13-,15-/m0/s1. The average molecular weight is 322 g/mol. The van der Waals surface area contributed by atoms with E-state index in [-0.39, 0.29) is 6.04 Å². The zero-order valence-corrected chi connectivity index (χ0v) is 14.0. The average Bonchev–Trinajstić information content (AvgIpc) is 3.16. The summed E-state index contributed by atoms with van der Waals surface area (Å²) in [5, 5.41) is 3.05. The molecule has 6 heteroatoms. The van der Waals surface area contributed by atoms with E-state index in [1.165, 1.54) is 5.69 Å². The second-order valence-corrected chi connectivity index (χ2v) is 7.13. The lowest BCUT2D eigenvalue weighted by molar-refractivity contribution is 0.179. The molecule has 0 N–H and O–H groups in total. The first-order valence-electron chi connectivity index (χ1n) is 7.67. The minimum absolute atomic E-state index is 0.268. The normalized spacial score (nSPS) is 22.7. The molecule has 0 unspecified atom stereocenters. The molecule has 0 bridgehead atoms. The summed E-state index contributed by atoms with van der Waals surface area (Å²) in [5.41, 5.74) is 1.28. The molecule has 2 atom stereocenters. The zero-order chi connectivity index (χ0) is 15.5. The Kier molecular flexibility index (Phi) is 4.90. The van der Waals surface area contributed by atoms with Gasteiger partial charge in [-0.3, -0.25) is 9.80 Å². The number of thiazole rings is 1. The topological polar surface area (TPSA) is 24.3 Å². The Morgan fingerprint density at radius 2 is 2.36 bits per heavy atom. The van der Waals surface area contributed by atoms with Crippen LogP contribution in [0.5, 0.6) is 0 Å². The highest BCUT2D eigenvalue weighted by molar-refractivity contribution is 7.09. The Morgan fingerprint density at radius 1 is 1.50 bits per heavy atom. The first-order chi connectivity index (χ1) is 10.6. The Labute approximate surface area is 135 Å². The second kappa shape index (κ2) is 6.89. The van der Waals surface area contributed by atoms with E-state index >= 15 is 0 Å². The summed E-state index contributed by atoms with van der Waals surface area (Å²) in [6, 6.07) is 4.46. The van der Waals surface area contributed by atoms with Gasteiger partial charge in [0.25, 0.3) is 0 Å². The zero-order valence-electron chi connectivity index (χ0n) is 13.2. The van der Waals surface area contributed by atoms with Gasteiger partial charge in [0.05, 0.1) is 6.54 Å². The summed E-state index contributed by atoms with van der Waals surface area (Å²) in [4.78, 5) is 8.85. The molecule has 1 aliphatic rings. The van der Waals surface area contributed by atoms with E-state index in [9.17, 15) is 4.39 Å². The summed E-state index contributed by atoms with van der Waals surface area (Å²) in [6.45, 7) is 3.07.